The number of ether oxygens (including phenoxy) is 4. The van der Waals surface area contributed by atoms with Crippen LogP contribution in [0.3, 0.4) is 0 Å². The van der Waals surface area contributed by atoms with Gasteiger partial charge in [0, 0.05) is 19.4 Å². The molecule has 0 saturated carbocycles. The zero-order chi connectivity index (χ0) is 15.2. The largest absolute Gasteiger partial charge is 0.497 e. The minimum absolute atomic E-state index is 0.00273. The first kappa shape index (κ1) is 16.2. The Balaban J connectivity index is 1.93. The minimum atomic E-state index is -0.336. The zero-order valence-electron chi connectivity index (χ0n) is 12.8. The van der Waals surface area contributed by atoms with E-state index in [4.69, 9.17) is 18.9 Å². The molecule has 1 aromatic rings. The maximum Gasteiger partial charge on any atom is 0.162 e. The first-order valence-electron chi connectivity index (χ1n) is 7.21. The molecule has 5 heteroatoms. The second-order valence-electron chi connectivity index (χ2n) is 5.34. The molecule has 1 heterocycles. The monoisotopic (exact) mass is 296 g/mol. The molecule has 0 aromatic heterocycles. The Morgan fingerprint density at radius 3 is 2.52 bits per heavy atom. The Morgan fingerprint density at radius 1 is 1.24 bits per heavy atom. The average Bonchev–Trinajstić information content (AvgIpc) is 2.54. The van der Waals surface area contributed by atoms with Gasteiger partial charge in [0.2, 0.25) is 0 Å². The van der Waals surface area contributed by atoms with E-state index in [9.17, 15) is 5.11 Å². The van der Waals surface area contributed by atoms with Crippen molar-refractivity contribution < 1.29 is 24.1 Å². The number of hydrogen-bond donors (Lipinski definition) is 1. The van der Waals surface area contributed by atoms with Gasteiger partial charge in [0.05, 0.1) is 32.5 Å². The minimum Gasteiger partial charge on any atom is -0.497 e. The lowest BCUT2D eigenvalue weighted by atomic mass is 9.95. The molecule has 4 atom stereocenters. The average molecular weight is 296 g/mol. The number of benzene rings is 1. The molecule has 1 aromatic carbocycles. The molecule has 1 saturated heterocycles. The lowest BCUT2D eigenvalue weighted by Gasteiger charge is -2.38. The van der Waals surface area contributed by atoms with Crippen LogP contribution in [-0.4, -0.2) is 44.4 Å². The molecule has 21 heavy (non-hydrogen) atoms. The van der Waals surface area contributed by atoms with Gasteiger partial charge in [0.15, 0.2) is 6.29 Å². The van der Waals surface area contributed by atoms with Crippen molar-refractivity contribution in [3.05, 3.63) is 29.8 Å². The van der Waals surface area contributed by atoms with E-state index in [1.54, 1.807) is 14.2 Å². The van der Waals surface area contributed by atoms with E-state index in [0.717, 1.165) is 11.3 Å². The third kappa shape index (κ3) is 4.17. The highest BCUT2D eigenvalue weighted by atomic mass is 16.7. The third-order valence-corrected chi connectivity index (χ3v) is 3.90. The molecule has 0 amide bonds. The van der Waals surface area contributed by atoms with E-state index in [0.29, 0.717) is 13.0 Å². The quantitative estimate of drug-likeness (QED) is 0.870. The van der Waals surface area contributed by atoms with Crippen LogP contribution in [0.2, 0.25) is 0 Å². The Hall–Kier alpha value is -1.14. The van der Waals surface area contributed by atoms with Crippen LogP contribution in [0.25, 0.3) is 0 Å². The molecule has 0 bridgehead atoms. The fourth-order valence-corrected chi connectivity index (χ4v) is 2.55. The van der Waals surface area contributed by atoms with Gasteiger partial charge in [-0.3, -0.25) is 0 Å². The number of aliphatic hydroxyl groups excluding tert-OH is 1. The summed E-state index contributed by atoms with van der Waals surface area (Å²) in [6.07, 6.45) is 0.111. The van der Waals surface area contributed by atoms with E-state index in [1.807, 2.05) is 31.2 Å². The Labute approximate surface area is 125 Å². The van der Waals surface area contributed by atoms with E-state index >= 15 is 0 Å². The Morgan fingerprint density at radius 2 is 1.95 bits per heavy atom. The smallest absolute Gasteiger partial charge is 0.162 e. The van der Waals surface area contributed by atoms with Crippen LogP contribution in [0.4, 0.5) is 0 Å². The lowest BCUT2D eigenvalue weighted by molar-refractivity contribution is -0.247. The molecule has 1 aliphatic heterocycles. The van der Waals surface area contributed by atoms with Gasteiger partial charge in [-0.05, 0) is 17.7 Å². The first-order valence-corrected chi connectivity index (χ1v) is 7.21. The summed E-state index contributed by atoms with van der Waals surface area (Å²) >= 11 is 0. The maximum absolute atomic E-state index is 9.30. The summed E-state index contributed by atoms with van der Waals surface area (Å²) in [4.78, 5) is 0. The van der Waals surface area contributed by atoms with E-state index in [-0.39, 0.29) is 31.0 Å². The van der Waals surface area contributed by atoms with Crippen molar-refractivity contribution in [2.45, 2.75) is 38.4 Å². The highest BCUT2D eigenvalue weighted by Crippen LogP contribution is 2.28. The normalized spacial score (nSPS) is 29.3. The van der Waals surface area contributed by atoms with E-state index in [1.165, 1.54) is 0 Å². The van der Waals surface area contributed by atoms with Crippen LogP contribution >= 0.6 is 0 Å². The summed E-state index contributed by atoms with van der Waals surface area (Å²) in [5.41, 5.74) is 1.09. The fourth-order valence-electron chi connectivity index (χ4n) is 2.55. The van der Waals surface area contributed by atoms with Gasteiger partial charge in [-0.1, -0.05) is 19.1 Å². The molecule has 2 rings (SSSR count). The van der Waals surface area contributed by atoms with Crippen molar-refractivity contribution in [1.29, 1.82) is 0 Å². The Kier molecular flexibility index (Phi) is 5.99. The van der Waals surface area contributed by atoms with Gasteiger partial charge < -0.3 is 24.1 Å². The van der Waals surface area contributed by atoms with Crippen molar-refractivity contribution >= 4 is 0 Å². The van der Waals surface area contributed by atoms with Gasteiger partial charge in [-0.15, -0.1) is 0 Å². The van der Waals surface area contributed by atoms with Gasteiger partial charge in [0.25, 0.3) is 0 Å². The fraction of sp³-hybridized carbons (Fsp3) is 0.625. The van der Waals surface area contributed by atoms with Gasteiger partial charge >= 0.3 is 0 Å². The SMILES string of the molecule is COc1ccc(CO[C@H]2C[C@@H](CO)O[C@@H](OC)[C@@H]2C)cc1. The predicted molar refractivity (Wildman–Crippen MR) is 78.1 cm³/mol. The van der Waals surface area contributed by atoms with E-state index in [2.05, 4.69) is 0 Å². The van der Waals surface area contributed by atoms with Crippen LogP contribution in [-0.2, 0) is 20.8 Å². The second kappa shape index (κ2) is 7.75. The molecular formula is C16H24O5. The molecule has 118 valence electrons. The summed E-state index contributed by atoms with van der Waals surface area (Å²) in [5, 5.41) is 9.30. The third-order valence-electron chi connectivity index (χ3n) is 3.90. The highest BCUT2D eigenvalue weighted by molar-refractivity contribution is 5.26. The lowest BCUT2D eigenvalue weighted by Crippen LogP contribution is -2.46. The first-order chi connectivity index (χ1) is 10.2. The van der Waals surface area contributed by atoms with Crippen LogP contribution in [0.1, 0.15) is 18.9 Å². The summed E-state index contributed by atoms with van der Waals surface area (Å²) in [7, 11) is 3.26. The van der Waals surface area contributed by atoms with Gasteiger partial charge in [0.1, 0.15) is 5.75 Å². The van der Waals surface area contributed by atoms with Gasteiger partial charge in [-0.2, -0.15) is 0 Å². The summed E-state index contributed by atoms with van der Waals surface area (Å²) in [6.45, 7) is 2.54. The van der Waals surface area contributed by atoms with Crippen molar-refractivity contribution in [3.8, 4) is 5.75 Å². The molecular weight excluding hydrogens is 272 g/mol. The highest BCUT2D eigenvalue weighted by Gasteiger charge is 2.36. The van der Waals surface area contributed by atoms with Crippen molar-refractivity contribution in [2.75, 3.05) is 20.8 Å². The maximum atomic E-state index is 9.30. The van der Waals surface area contributed by atoms with E-state index < -0.39 is 0 Å². The summed E-state index contributed by atoms with van der Waals surface area (Å²) in [6, 6.07) is 7.81. The topological polar surface area (TPSA) is 57.2 Å². The van der Waals surface area contributed by atoms with Crippen LogP contribution in [0, 0.1) is 5.92 Å². The molecule has 0 radical (unpaired) electrons. The predicted octanol–water partition coefficient (Wildman–Crippen LogP) is 1.97. The standard InChI is InChI=1S/C16H24O5/c1-11-15(8-14(9-17)21-16(11)19-3)20-10-12-4-6-13(18-2)7-5-12/h4-7,11,14-17H,8-10H2,1-3H3/t11-,14+,15+,16-/m1/s1. The molecule has 5 nitrogen and oxygen atoms in total. The van der Waals surface area contributed by atoms with Crippen LogP contribution < -0.4 is 4.74 Å². The molecule has 1 fully saturated rings. The van der Waals surface area contributed by atoms with Crippen molar-refractivity contribution in [3.63, 3.8) is 0 Å². The Bertz CT molecular complexity index is 419. The second-order valence-corrected chi connectivity index (χ2v) is 5.34. The number of hydrogen-bond acceptors (Lipinski definition) is 5. The van der Waals surface area contributed by atoms with Crippen molar-refractivity contribution in [1.82, 2.24) is 0 Å². The van der Waals surface area contributed by atoms with Gasteiger partial charge in [-0.25, -0.2) is 0 Å². The van der Waals surface area contributed by atoms with Crippen LogP contribution in [0.15, 0.2) is 24.3 Å². The van der Waals surface area contributed by atoms with Crippen LogP contribution in [0.5, 0.6) is 5.75 Å². The molecule has 0 aliphatic carbocycles. The molecule has 1 aliphatic rings. The van der Waals surface area contributed by atoms with Crippen molar-refractivity contribution in [2.24, 2.45) is 5.92 Å². The number of rotatable bonds is 6. The molecule has 0 unspecified atom stereocenters. The zero-order valence-corrected chi connectivity index (χ0v) is 12.8. The number of aliphatic hydroxyl groups is 1. The molecule has 1 N–H and O–H groups in total. The number of methoxy groups -OCH3 is 2. The summed E-state index contributed by atoms with van der Waals surface area (Å²) < 4.78 is 22.1. The molecule has 0 spiro atoms. The summed E-state index contributed by atoms with van der Waals surface area (Å²) in [5.74, 6) is 0.953.